The summed E-state index contributed by atoms with van der Waals surface area (Å²) in [6, 6.07) is 9.32. The minimum atomic E-state index is -0.866. The molecule has 1 unspecified atom stereocenters. The lowest BCUT2D eigenvalue weighted by molar-refractivity contribution is -0.146. The molecule has 212 valence electrons. The minimum absolute atomic E-state index is 0.0140. The second-order valence-electron chi connectivity index (χ2n) is 12.4. The maximum absolute atomic E-state index is 14.9. The third kappa shape index (κ3) is 5.99. The summed E-state index contributed by atoms with van der Waals surface area (Å²) in [4.78, 5) is 30.6. The predicted octanol–water partition coefficient (Wildman–Crippen LogP) is 6.29. The molecule has 2 aromatic carbocycles. The molecule has 0 aliphatic carbocycles. The van der Waals surface area contributed by atoms with Crippen LogP contribution in [0.1, 0.15) is 76.0 Å². The van der Waals surface area contributed by atoms with Gasteiger partial charge in [-0.05, 0) is 88.3 Å². The van der Waals surface area contributed by atoms with Crippen molar-refractivity contribution in [1.82, 2.24) is 9.80 Å². The van der Waals surface area contributed by atoms with E-state index in [2.05, 4.69) is 25.7 Å². The molecule has 2 saturated heterocycles. The number of hydrogen-bond acceptors (Lipinski definition) is 4. The van der Waals surface area contributed by atoms with E-state index in [4.69, 9.17) is 16.3 Å². The fourth-order valence-electron chi connectivity index (χ4n) is 6.16. The van der Waals surface area contributed by atoms with Crippen molar-refractivity contribution in [3.8, 4) is 0 Å². The van der Waals surface area contributed by atoms with Crippen molar-refractivity contribution in [2.24, 2.45) is 5.92 Å². The Morgan fingerprint density at radius 1 is 0.949 bits per heavy atom. The number of hydrogen-bond donors (Lipinski definition) is 0. The van der Waals surface area contributed by atoms with Crippen LogP contribution in [0.2, 0.25) is 5.02 Å². The zero-order chi connectivity index (χ0) is 28.7. The minimum Gasteiger partial charge on any atom is -0.468 e. The number of benzene rings is 2. The van der Waals surface area contributed by atoms with Crippen LogP contribution in [-0.2, 0) is 19.7 Å². The highest BCUT2D eigenvalue weighted by Gasteiger charge is 2.45. The van der Waals surface area contributed by atoms with Crippen LogP contribution in [0.5, 0.6) is 0 Å². The number of rotatable bonds is 5. The number of halogens is 3. The van der Waals surface area contributed by atoms with E-state index in [9.17, 15) is 18.4 Å². The van der Waals surface area contributed by atoms with Gasteiger partial charge in [-0.25, -0.2) is 8.78 Å². The Morgan fingerprint density at radius 3 is 2.18 bits per heavy atom. The number of nitrogens with zero attached hydrogens (tertiary/aromatic N) is 2. The third-order valence-corrected chi connectivity index (χ3v) is 8.81. The summed E-state index contributed by atoms with van der Waals surface area (Å²) in [7, 11) is 1.38. The topological polar surface area (TPSA) is 49.9 Å². The van der Waals surface area contributed by atoms with Gasteiger partial charge in [0.1, 0.15) is 11.6 Å². The van der Waals surface area contributed by atoms with Crippen molar-refractivity contribution in [1.29, 1.82) is 0 Å². The van der Waals surface area contributed by atoms with Crippen LogP contribution in [0.15, 0.2) is 36.4 Å². The van der Waals surface area contributed by atoms with Crippen molar-refractivity contribution in [2.45, 2.75) is 70.3 Å². The van der Waals surface area contributed by atoms with Gasteiger partial charge in [-0.15, -0.1) is 0 Å². The summed E-state index contributed by atoms with van der Waals surface area (Å²) in [5.41, 5.74) is 1.23. The Hall–Kier alpha value is -2.51. The number of methoxy groups -OCH3 is 1. The van der Waals surface area contributed by atoms with Gasteiger partial charge in [0, 0.05) is 48.7 Å². The Bertz CT molecular complexity index is 1230. The van der Waals surface area contributed by atoms with Crippen LogP contribution >= 0.6 is 11.6 Å². The molecule has 0 saturated carbocycles. The molecule has 2 aromatic rings. The highest BCUT2D eigenvalue weighted by molar-refractivity contribution is 6.30. The number of esters is 1. The fourth-order valence-corrected chi connectivity index (χ4v) is 6.33. The summed E-state index contributed by atoms with van der Waals surface area (Å²) >= 11 is 6.32. The molecule has 8 heteroatoms. The number of carbonyl (C=O) groups is 2. The van der Waals surface area contributed by atoms with Crippen LogP contribution in [0.3, 0.4) is 0 Å². The molecule has 2 heterocycles. The highest BCUT2D eigenvalue weighted by Crippen LogP contribution is 2.41. The number of ether oxygens (including phenoxy) is 1. The second-order valence-corrected chi connectivity index (χ2v) is 12.8. The number of likely N-dealkylation sites (tertiary alicyclic amines) is 2. The Labute approximate surface area is 235 Å². The van der Waals surface area contributed by atoms with Crippen molar-refractivity contribution in [3.05, 3.63) is 69.7 Å². The normalized spacial score (nSPS) is 21.3. The lowest BCUT2D eigenvalue weighted by Crippen LogP contribution is -2.44. The van der Waals surface area contributed by atoms with Gasteiger partial charge >= 0.3 is 5.97 Å². The van der Waals surface area contributed by atoms with Gasteiger partial charge in [-0.3, -0.25) is 14.5 Å². The molecule has 4 rings (SSSR count). The Balaban J connectivity index is 1.54. The molecular formula is C31H39ClF2N2O3. The van der Waals surface area contributed by atoms with Gasteiger partial charge < -0.3 is 9.64 Å². The molecule has 2 atom stereocenters. The van der Waals surface area contributed by atoms with Crippen molar-refractivity contribution < 1.29 is 23.1 Å². The van der Waals surface area contributed by atoms with Gasteiger partial charge in [0.25, 0.3) is 0 Å². The van der Waals surface area contributed by atoms with Crippen molar-refractivity contribution in [3.63, 3.8) is 0 Å². The van der Waals surface area contributed by atoms with E-state index in [0.717, 1.165) is 30.0 Å². The van der Waals surface area contributed by atoms with Crippen LogP contribution in [-0.4, -0.2) is 60.5 Å². The first kappa shape index (κ1) is 29.5. The van der Waals surface area contributed by atoms with Gasteiger partial charge in [0.2, 0.25) is 5.91 Å². The number of piperidine rings is 1. The summed E-state index contributed by atoms with van der Waals surface area (Å²) in [5, 5.41) is 0.557. The van der Waals surface area contributed by atoms with Gasteiger partial charge in [-0.2, -0.15) is 0 Å². The first-order valence-electron chi connectivity index (χ1n) is 13.6. The Kier molecular flexibility index (Phi) is 8.44. The average Bonchev–Trinajstić information content (AvgIpc) is 3.33. The summed E-state index contributed by atoms with van der Waals surface area (Å²) in [5.74, 6) is -2.14. The first-order chi connectivity index (χ1) is 18.2. The molecule has 2 aliphatic rings. The number of amides is 1. The molecule has 5 nitrogen and oxygen atoms in total. The molecule has 0 bridgehead atoms. The molecule has 1 amide bonds. The molecular weight excluding hydrogens is 522 g/mol. The monoisotopic (exact) mass is 560 g/mol. The molecule has 2 fully saturated rings. The molecule has 0 N–H and O–H groups in total. The molecule has 0 radical (unpaired) electrons. The van der Waals surface area contributed by atoms with E-state index in [1.54, 1.807) is 0 Å². The van der Waals surface area contributed by atoms with Gasteiger partial charge in [0.15, 0.2) is 0 Å². The summed E-state index contributed by atoms with van der Waals surface area (Å²) in [6.45, 7) is 12.1. The van der Waals surface area contributed by atoms with Gasteiger partial charge in [0.05, 0.1) is 18.4 Å². The van der Waals surface area contributed by atoms with Crippen LogP contribution < -0.4 is 0 Å². The largest absolute Gasteiger partial charge is 0.468 e. The van der Waals surface area contributed by atoms with Crippen LogP contribution in [0.25, 0.3) is 0 Å². The maximum Gasteiger partial charge on any atom is 0.315 e. The lowest BCUT2D eigenvalue weighted by atomic mass is 9.76. The first-order valence-corrected chi connectivity index (χ1v) is 14.0. The SMILES string of the molecule is COC(=O)C(C)(C)c1cc(Cl)ccc1C1CCN(C(=O)[C@@H]2CN(C(C)(C)C)CC2c2ccc(F)cc2F)CC1. The zero-order valence-corrected chi connectivity index (χ0v) is 24.4. The maximum atomic E-state index is 14.9. The second kappa shape index (κ2) is 11.2. The molecule has 0 aromatic heterocycles. The van der Waals surface area contributed by atoms with Gasteiger partial charge in [-0.1, -0.05) is 23.7 Å². The fraction of sp³-hybridized carbons (Fsp3) is 0.548. The van der Waals surface area contributed by atoms with E-state index in [0.29, 0.717) is 36.8 Å². The van der Waals surface area contributed by atoms with Crippen LogP contribution in [0, 0.1) is 17.6 Å². The lowest BCUT2D eigenvalue weighted by Gasteiger charge is -2.37. The van der Waals surface area contributed by atoms with E-state index >= 15 is 0 Å². The molecule has 39 heavy (non-hydrogen) atoms. The van der Waals surface area contributed by atoms with Crippen LogP contribution in [0.4, 0.5) is 8.78 Å². The quantitative estimate of drug-likeness (QED) is 0.403. The summed E-state index contributed by atoms with van der Waals surface area (Å²) in [6.07, 6.45) is 1.48. The zero-order valence-electron chi connectivity index (χ0n) is 23.7. The molecule has 2 aliphatic heterocycles. The third-order valence-electron chi connectivity index (χ3n) is 8.58. The highest BCUT2D eigenvalue weighted by atomic mass is 35.5. The molecule has 0 spiro atoms. The Morgan fingerprint density at radius 2 is 1.59 bits per heavy atom. The van der Waals surface area contributed by atoms with E-state index in [-0.39, 0.29) is 29.3 Å². The van der Waals surface area contributed by atoms with E-state index < -0.39 is 23.0 Å². The smallest absolute Gasteiger partial charge is 0.315 e. The van der Waals surface area contributed by atoms with Crippen molar-refractivity contribution >= 4 is 23.5 Å². The predicted molar refractivity (Wildman–Crippen MR) is 149 cm³/mol. The number of carbonyl (C=O) groups excluding carboxylic acids is 2. The van der Waals surface area contributed by atoms with E-state index in [1.165, 1.54) is 19.2 Å². The summed E-state index contributed by atoms with van der Waals surface area (Å²) < 4.78 is 33.6. The average molecular weight is 561 g/mol. The van der Waals surface area contributed by atoms with E-state index in [1.807, 2.05) is 36.9 Å². The standard InChI is InChI=1S/C31H39ClF2N2O3/c1-30(2,3)36-17-24(23-10-8-21(33)16-27(23)34)25(18-36)28(37)35-13-11-19(12-14-35)22-9-7-20(32)15-26(22)31(4,5)29(38)39-6/h7-10,15-16,19,24-25H,11-14,17-18H2,1-6H3/t24?,25-/m1/s1. The van der Waals surface area contributed by atoms with Crippen molar-refractivity contribution in [2.75, 3.05) is 33.3 Å².